The summed E-state index contributed by atoms with van der Waals surface area (Å²) in [5.41, 5.74) is -0.0221. The highest BCUT2D eigenvalue weighted by Crippen LogP contribution is 2.44. The number of nitrogens with zero attached hydrogens (tertiary/aromatic N) is 2. The van der Waals surface area contributed by atoms with E-state index in [0.717, 1.165) is 51.5 Å². The Bertz CT molecular complexity index is 827. The molecule has 1 atom stereocenters. The molecule has 2 saturated heterocycles. The monoisotopic (exact) mass is 433 g/mol. The topological polar surface area (TPSA) is 82.1 Å². The summed E-state index contributed by atoms with van der Waals surface area (Å²) in [6.45, 7) is 4.15. The van der Waals surface area contributed by atoms with E-state index in [9.17, 15) is 19.1 Å². The van der Waals surface area contributed by atoms with Crippen molar-refractivity contribution in [1.82, 2.24) is 10.2 Å². The number of ether oxygens (including phenoxy) is 1. The zero-order chi connectivity index (χ0) is 22.0. The second-order valence-electron chi connectivity index (χ2n) is 9.05. The highest BCUT2D eigenvalue weighted by Gasteiger charge is 2.50. The first-order chi connectivity index (χ1) is 14.9. The lowest BCUT2D eigenvalue weighted by Crippen LogP contribution is -2.50. The number of amides is 2. The first kappa shape index (κ1) is 21.9. The van der Waals surface area contributed by atoms with Gasteiger partial charge < -0.3 is 25.0 Å². The number of aliphatic hydroxyl groups is 1. The van der Waals surface area contributed by atoms with Crippen LogP contribution in [0.3, 0.4) is 0 Å². The van der Waals surface area contributed by atoms with E-state index in [0.29, 0.717) is 25.3 Å². The number of likely N-dealkylation sites (tertiary alicyclic amines) is 1. The molecule has 3 aliphatic rings. The first-order valence-electron chi connectivity index (χ1n) is 11.4. The molecule has 2 N–H and O–H groups in total. The minimum Gasteiger partial charge on any atom is -0.410 e. The number of hydrogen-bond donors (Lipinski definition) is 2. The lowest BCUT2D eigenvalue weighted by Gasteiger charge is -2.41. The predicted molar refractivity (Wildman–Crippen MR) is 115 cm³/mol. The van der Waals surface area contributed by atoms with E-state index in [1.54, 1.807) is 19.1 Å². The molecule has 3 fully saturated rings. The quantitative estimate of drug-likeness (QED) is 0.763. The van der Waals surface area contributed by atoms with Crippen LogP contribution in [-0.4, -0.2) is 60.3 Å². The number of benzene rings is 1. The molecule has 7 nitrogen and oxygen atoms in total. The molecule has 1 aliphatic carbocycles. The summed E-state index contributed by atoms with van der Waals surface area (Å²) in [4.78, 5) is 29.0. The smallest absolute Gasteiger partial charge is 0.410 e. The van der Waals surface area contributed by atoms with Crippen molar-refractivity contribution in [2.75, 3.05) is 31.1 Å². The summed E-state index contributed by atoms with van der Waals surface area (Å²) < 4.78 is 20.0. The third-order valence-electron chi connectivity index (χ3n) is 7.02. The van der Waals surface area contributed by atoms with Crippen molar-refractivity contribution < 1.29 is 23.8 Å². The Morgan fingerprint density at radius 1 is 1.26 bits per heavy atom. The van der Waals surface area contributed by atoms with Crippen LogP contribution in [0.5, 0.6) is 5.75 Å². The third-order valence-corrected chi connectivity index (χ3v) is 7.02. The molecule has 170 valence electrons. The van der Waals surface area contributed by atoms with Crippen LogP contribution < -0.4 is 15.0 Å². The third kappa shape index (κ3) is 4.49. The summed E-state index contributed by atoms with van der Waals surface area (Å²) in [6, 6.07) is 4.66. The number of carbonyl (C=O) groups excluding carboxylic acids is 2. The number of piperidine rings is 1. The predicted octanol–water partition coefficient (Wildman–Crippen LogP) is 3.06. The van der Waals surface area contributed by atoms with Crippen LogP contribution in [-0.2, 0) is 4.79 Å². The van der Waals surface area contributed by atoms with Gasteiger partial charge in [-0.15, -0.1) is 0 Å². The van der Waals surface area contributed by atoms with Crippen LogP contribution in [0.2, 0.25) is 0 Å². The number of rotatable bonds is 4. The van der Waals surface area contributed by atoms with E-state index in [-0.39, 0.29) is 23.8 Å². The van der Waals surface area contributed by atoms with Gasteiger partial charge in [-0.3, -0.25) is 4.79 Å². The zero-order valence-corrected chi connectivity index (χ0v) is 18.1. The molecule has 1 saturated carbocycles. The summed E-state index contributed by atoms with van der Waals surface area (Å²) in [5.74, 6) is -0.112. The molecule has 1 aromatic rings. The van der Waals surface area contributed by atoms with Crippen LogP contribution in [0, 0.1) is 11.2 Å². The van der Waals surface area contributed by atoms with E-state index >= 15 is 0 Å². The minimum atomic E-state index is -0.613. The molecule has 31 heavy (non-hydrogen) atoms. The first-order valence-corrected chi connectivity index (χ1v) is 11.4. The second kappa shape index (κ2) is 9.02. The molecule has 4 rings (SSSR count). The van der Waals surface area contributed by atoms with Crippen molar-refractivity contribution in [3.05, 3.63) is 24.0 Å². The molecule has 1 spiro atoms. The molecule has 1 aromatic carbocycles. The molecule has 0 bridgehead atoms. The van der Waals surface area contributed by atoms with Gasteiger partial charge in [0, 0.05) is 38.3 Å². The zero-order valence-electron chi connectivity index (χ0n) is 18.1. The van der Waals surface area contributed by atoms with Crippen molar-refractivity contribution in [2.45, 2.75) is 64.0 Å². The molecule has 0 aromatic heterocycles. The Morgan fingerprint density at radius 2 is 2.03 bits per heavy atom. The lowest BCUT2D eigenvalue weighted by molar-refractivity contribution is -0.139. The fourth-order valence-electron chi connectivity index (χ4n) is 5.38. The van der Waals surface area contributed by atoms with Gasteiger partial charge in [0.25, 0.3) is 0 Å². The van der Waals surface area contributed by atoms with Crippen molar-refractivity contribution in [3.8, 4) is 5.75 Å². The average molecular weight is 434 g/mol. The fourth-order valence-corrected chi connectivity index (χ4v) is 5.38. The van der Waals surface area contributed by atoms with Crippen molar-refractivity contribution in [3.63, 3.8) is 0 Å². The lowest BCUT2D eigenvalue weighted by atomic mass is 9.78. The minimum absolute atomic E-state index is 0.154. The van der Waals surface area contributed by atoms with E-state index < -0.39 is 17.3 Å². The van der Waals surface area contributed by atoms with Gasteiger partial charge in [0.05, 0.1) is 17.2 Å². The molecule has 8 heteroatoms. The van der Waals surface area contributed by atoms with E-state index in [1.807, 2.05) is 9.80 Å². The maximum Gasteiger partial charge on any atom is 0.412 e. The number of carbonyl (C=O) groups is 2. The molecule has 2 heterocycles. The van der Waals surface area contributed by atoms with Crippen molar-refractivity contribution in [2.24, 2.45) is 5.41 Å². The van der Waals surface area contributed by atoms with Gasteiger partial charge in [-0.2, -0.15) is 0 Å². The Labute approximate surface area is 182 Å². The van der Waals surface area contributed by atoms with Gasteiger partial charge in [0.1, 0.15) is 11.6 Å². The normalized spacial score (nSPS) is 28.8. The second-order valence-corrected chi connectivity index (χ2v) is 9.05. The van der Waals surface area contributed by atoms with Crippen LogP contribution >= 0.6 is 0 Å². The molecule has 2 aliphatic heterocycles. The number of nitrogens with one attached hydrogen (secondary N) is 1. The number of halogens is 1. The van der Waals surface area contributed by atoms with Crippen LogP contribution in [0.15, 0.2) is 18.2 Å². The van der Waals surface area contributed by atoms with Crippen LogP contribution in [0.4, 0.5) is 14.9 Å². The summed E-state index contributed by atoms with van der Waals surface area (Å²) in [6.07, 6.45) is 4.82. The highest BCUT2D eigenvalue weighted by atomic mass is 19.1. The number of aliphatic hydroxyl groups excluding tert-OH is 1. The maximum absolute atomic E-state index is 14.9. The van der Waals surface area contributed by atoms with E-state index in [4.69, 9.17) is 4.74 Å². The van der Waals surface area contributed by atoms with Crippen LogP contribution in [0.1, 0.15) is 51.9 Å². The molecule has 1 unspecified atom stereocenters. The van der Waals surface area contributed by atoms with Gasteiger partial charge in [-0.1, -0.05) is 0 Å². The van der Waals surface area contributed by atoms with Gasteiger partial charge in [-0.05, 0) is 64.0 Å². The van der Waals surface area contributed by atoms with Gasteiger partial charge in [0.15, 0.2) is 0 Å². The highest BCUT2D eigenvalue weighted by molar-refractivity contribution is 5.86. The van der Waals surface area contributed by atoms with E-state index in [1.165, 1.54) is 6.07 Å². The molecule has 2 amide bonds. The number of hydrogen-bond acceptors (Lipinski definition) is 5. The Kier molecular flexibility index (Phi) is 6.36. The van der Waals surface area contributed by atoms with Crippen molar-refractivity contribution in [1.29, 1.82) is 0 Å². The number of anilines is 1. The Morgan fingerprint density at radius 3 is 2.74 bits per heavy atom. The van der Waals surface area contributed by atoms with Gasteiger partial charge in [0.2, 0.25) is 5.91 Å². The summed E-state index contributed by atoms with van der Waals surface area (Å²) in [5, 5.41) is 12.3. The Hall–Kier alpha value is -2.35. The SMILES string of the molecule is CCNC(=O)Oc1ccc(N2CCCC3(CCN(C4CCC(O)CC4)C3=O)C2)c(F)c1. The Balaban J connectivity index is 1.45. The molecule has 0 radical (unpaired) electrons. The standard InChI is InChI=1S/C23H32FN3O4/c1-2-25-22(30)31-18-8-9-20(19(24)14-18)26-12-3-10-23(15-26)11-13-27(21(23)29)16-4-6-17(28)7-5-16/h8-9,14,16-17,28H,2-7,10-13,15H2,1H3,(H,25,30). The largest absolute Gasteiger partial charge is 0.412 e. The molecular formula is C23H32FN3O4. The maximum atomic E-state index is 14.9. The summed E-state index contributed by atoms with van der Waals surface area (Å²) >= 11 is 0. The fraction of sp³-hybridized carbons (Fsp3) is 0.652. The van der Waals surface area contributed by atoms with Gasteiger partial charge in [-0.25, -0.2) is 9.18 Å². The molecular weight excluding hydrogens is 401 g/mol. The van der Waals surface area contributed by atoms with Gasteiger partial charge >= 0.3 is 6.09 Å². The van der Waals surface area contributed by atoms with E-state index in [2.05, 4.69) is 5.32 Å². The average Bonchev–Trinajstić information content (AvgIpc) is 3.04. The van der Waals surface area contributed by atoms with Crippen LogP contribution in [0.25, 0.3) is 0 Å². The van der Waals surface area contributed by atoms with Crippen molar-refractivity contribution >= 4 is 17.7 Å². The summed E-state index contributed by atoms with van der Waals surface area (Å²) in [7, 11) is 0.